The van der Waals surface area contributed by atoms with Gasteiger partial charge < -0.3 is 10.2 Å². The van der Waals surface area contributed by atoms with Crippen molar-refractivity contribution < 1.29 is 0 Å². The first-order valence-electron chi connectivity index (χ1n) is 7.70. The Morgan fingerprint density at radius 3 is 2.68 bits per heavy atom. The van der Waals surface area contributed by atoms with Crippen LogP contribution in [0, 0.1) is 18.3 Å². The molecule has 1 aliphatic heterocycles. The quantitative estimate of drug-likeness (QED) is 0.942. The maximum absolute atomic E-state index is 9.20. The van der Waals surface area contributed by atoms with Crippen LogP contribution in [0.15, 0.2) is 42.6 Å². The van der Waals surface area contributed by atoms with Crippen LogP contribution in [0.25, 0.3) is 0 Å². The van der Waals surface area contributed by atoms with Crippen LogP contribution in [0.2, 0.25) is 0 Å². The van der Waals surface area contributed by atoms with Crippen molar-refractivity contribution in [2.75, 3.05) is 23.3 Å². The minimum absolute atomic E-state index is 0.478. The number of piperidine rings is 1. The molecule has 4 heteroatoms. The molecule has 1 N–H and O–H groups in total. The molecule has 0 unspecified atom stereocenters. The lowest BCUT2D eigenvalue weighted by Gasteiger charge is -2.34. The van der Waals surface area contributed by atoms with Crippen LogP contribution in [0.3, 0.4) is 0 Å². The first-order valence-corrected chi connectivity index (χ1v) is 7.70. The van der Waals surface area contributed by atoms with Crippen LogP contribution >= 0.6 is 0 Å². The molecule has 1 aromatic heterocycles. The molecule has 1 aromatic carbocycles. The summed E-state index contributed by atoms with van der Waals surface area (Å²) in [7, 11) is 0. The average Bonchev–Trinajstić information content (AvgIpc) is 2.58. The van der Waals surface area contributed by atoms with Crippen LogP contribution in [0.4, 0.5) is 11.5 Å². The van der Waals surface area contributed by atoms with Gasteiger partial charge in [-0.3, -0.25) is 0 Å². The molecule has 0 spiro atoms. The number of nitriles is 1. The lowest BCUT2D eigenvalue weighted by Crippen LogP contribution is -2.40. The smallest absolute Gasteiger partial charge is 0.146 e. The first kappa shape index (κ1) is 14.4. The van der Waals surface area contributed by atoms with Crippen LogP contribution in [-0.4, -0.2) is 24.1 Å². The van der Waals surface area contributed by atoms with Crippen molar-refractivity contribution in [3.05, 3.63) is 53.7 Å². The number of hydrogen-bond acceptors (Lipinski definition) is 4. The predicted molar refractivity (Wildman–Crippen MR) is 89.0 cm³/mol. The van der Waals surface area contributed by atoms with E-state index < -0.39 is 0 Å². The van der Waals surface area contributed by atoms with Gasteiger partial charge in [0.05, 0.1) is 5.56 Å². The number of aromatic nitrogens is 1. The zero-order valence-electron chi connectivity index (χ0n) is 12.8. The fourth-order valence-corrected chi connectivity index (χ4v) is 2.93. The number of nitrogens with one attached hydrogen (secondary N) is 1. The molecule has 0 radical (unpaired) electrons. The number of hydrogen-bond donors (Lipinski definition) is 1. The second-order valence-corrected chi connectivity index (χ2v) is 5.71. The normalized spacial score (nSPS) is 15.4. The van der Waals surface area contributed by atoms with Gasteiger partial charge in [-0.2, -0.15) is 5.26 Å². The Balaban J connectivity index is 1.63. The van der Waals surface area contributed by atoms with Crippen LogP contribution < -0.4 is 10.2 Å². The predicted octanol–water partition coefficient (Wildman–Crippen LogP) is 3.34. The molecule has 2 heterocycles. The highest BCUT2D eigenvalue weighted by molar-refractivity contribution is 5.54. The summed E-state index contributed by atoms with van der Waals surface area (Å²) in [5.41, 5.74) is 3.16. The van der Waals surface area contributed by atoms with Crippen molar-refractivity contribution in [1.29, 1.82) is 5.26 Å². The van der Waals surface area contributed by atoms with Gasteiger partial charge in [0, 0.05) is 31.0 Å². The Kier molecular flexibility index (Phi) is 4.24. The van der Waals surface area contributed by atoms with Gasteiger partial charge in [0.15, 0.2) is 0 Å². The number of benzene rings is 1. The molecular weight excluding hydrogens is 272 g/mol. The Morgan fingerprint density at radius 1 is 1.18 bits per heavy atom. The maximum Gasteiger partial charge on any atom is 0.146 e. The SMILES string of the molecule is Cc1ccccc1NC1CCN(c2ncccc2C#N)CC1. The summed E-state index contributed by atoms with van der Waals surface area (Å²) in [4.78, 5) is 6.60. The second kappa shape index (κ2) is 6.48. The molecule has 0 aliphatic carbocycles. The van der Waals surface area contributed by atoms with Crippen molar-refractivity contribution in [1.82, 2.24) is 4.98 Å². The van der Waals surface area contributed by atoms with Crippen molar-refractivity contribution in [3.8, 4) is 6.07 Å². The third kappa shape index (κ3) is 3.04. The monoisotopic (exact) mass is 292 g/mol. The van der Waals surface area contributed by atoms with E-state index in [-0.39, 0.29) is 0 Å². The molecule has 2 aromatic rings. The Morgan fingerprint density at radius 2 is 1.95 bits per heavy atom. The number of anilines is 2. The third-order valence-electron chi connectivity index (χ3n) is 4.21. The van der Waals surface area contributed by atoms with E-state index in [2.05, 4.69) is 52.5 Å². The molecule has 4 nitrogen and oxygen atoms in total. The summed E-state index contributed by atoms with van der Waals surface area (Å²) < 4.78 is 0. The molecule has 1 fully saturated rings. The average molecular weight is 292 g/mol. The minimum Gasteiger partial charge on any atom is -0.382 e. The van der Waals surface area contributed by atoms with E-state index in [4.69, 9.17) is 0 Å². The molecule has 0 saturated carbocycles. The summed E-state index contributed by atoms with van der Waals surface area (Å²) in [5.74, 6) is 0.819. The van der Waals surface area contributed by atoms with Crippen LogP contribution in [0.5, 0.6) is 0 Å². The number of para-hydroxylation sites is 1. The van der Waals surface area contributed by atoms with Gasteiger partial charge in [0.2, 0.25) is 0 Å². The zero-order valence-corrected chi connectivity index (χ0v) is 12.8. The number of aryl methyl sites for hydroxylation is 1. The van der Waals surface area contributed by atoms with E-state index in [1.54, 1.807) is 6.20 Å². The topological polar surface area (TPSA) is 52.0 Å². The highest BCUT2D eigenvalue weighted by Gasteiger charge is 2.21. The molecule has 112 valence electrons. The Hall–Kier alpha value is -2.54. The van der Waals surface area contributed by atoms with E-state index in [1.807, 2.05) is 12.1 Å². The van der Waals surface area contributed by atoms with Gasteiger partial charge in [0.1, 0.15) is 11.9 Å². The maximum atomic E-state index is 9.20. The lowest BCUT2D eigenvalue weighted by atomic mass is 10.0. The van der Waals surface area contributed by atoms with E-state index in [0.29, 0.717) is 11.6 Å². The number of nitrogens with zero attached hydrogens (tertiary/aromatic N) is 3. The van der Waals surface area contributed by atoms with Gasteiger partial charge in [-0.25, -0.2) is 4.98 Å². The molecule has 0 amide bonds. The van der Waals surface area contributed by atoms with Crippen molar-refractivity contribution in [2.24, 2.45) is 0 Å². The summed E-state index contributed by atoms with van der Waals surface area (Å²) in [5, 5.41) is 12.8. The summed E-state index contributed by atoms with van der Waals surface area (Å²) >= 11 is 0. The van der Waals surface area contributed by atoms with Crippen molar-refractivity contribution >= 4 is 11.5 Å². The minimum atomic E-state index is 0.478. The zero-order chi connectivity index (χ0) is 15.4. The summed E-state index contributed by atoms with van der Waals surface area (Å²) in [6.45, 7) is 3.98. The third-order valence-corrected chi connectivity index (χ3v) is 4.21. The summed E-state index contributed by atoms with van der Waals surface area (Å²) in [6, 6.07) is 14.8. The highest BCUT2D eigenvalue weighted by Crippen LogP contribution is 2.24. The summed E-state index contributed by atoms with van der Waals surface area (Å²) in [6.07, 6.45) is 3.86. The molecule has 22 heavy (non-hydrogen) atoms. The van der Waals surface area contributed by atoms with Gasteiger partial charge >= 0.3 is 0 Å². The molecule has 1 saturated heterocycles. The standard InChI is InChI=1S/C18H20N4/c1-14-5-2-3-7-17(14)21-16-8-11-22(12-9-16)18-15(13-19)6-4-10-20-18/h2-7,10,16,21H,8-9,11-12H2,1H3. The first-order chi connectivity index (χ1) is 10.8. The van der Waals surface area contributed by atoms with Gasteiger partial charge in [0.25, 0.3) is 0 Å². The largest absolute Gasteiger partial charge is 0.382 e. The van der Waals surface area contributed by atoms with Gasteiger partial charge in [-0.1, -0.05) is 18.2 Å². The van der Waals surface area contributed by atoms with Crippen molar-refractivity contribution in [3.63, 3.8) is 0 Å². The Bertz CT molecular complexity index is 681. The molecule has 1 aliphatic rings. The van der Waals surface area contributed by atoms with E-state index >= 15 is 0 Å². The lowest BCUT2D eigenvalue weighted by molar-refractivity contribution is 0.523. The Labute approximate surface area is 131 Å². The van der Waals surface area contributed by atoms with E-state index in [1.165, 1.54) is 11.3 Å². The van der Waals surface area contributed by atoms with Gasteiger partial charge in [-0.15, -0.1) is 0 Å². The fourth-order valence-electron chi connectivity index (χ4n) is 2.93. The number of rotatable bonds is 3. The molecular formula is C18H20N4. The van der Waals surface area contributed by atoms with E-state index in [9.17, 15) is 5.26 Å². The van der Waals surface area contributed by atoms with Crippen LogP contribution in [-0.2, 0) is 0 Å². The highest BCUT2D eigenvalue weighted by atomic mass is 15.2. The van der Waals surface area contributed by atoms with Crippen molar-refractivity contribution in [2.45, 2.75) is 25.8 Å². The van der Waals surface area contributed by atoms with E-state index in [0.717, 1.165) is 31.7 Å². The van der Waals surface area contributed by atoms with Crippen LogP contribution in [0.1, 0.15) is 24.0 Å². The fraction of sp³-hybridized carbons (Fsp3) is 0.333. The molecule has 3 rings (SSSR count). The molecule has 0 atom stereocenters. The second-order valence-electron chi connectivity index (χ2n) is 5.71. The number of pyridine rings is 1. The molecule has 0 bridgehead atoms. The van der Waals surface area contributed by atoms with Gasteiger partial charge in [-0.05, 0) is 43.5 Å².